The summed E-state index contributed by atoms with van der Waals surface area (Å²) in [6.07, 6.45) is 2.14. The van der Waals surface area contributed by atoms with Crippen LogP contribution in [0, 0.1) is 0 Å². The normalized spacial score (nSPS) is 19.4. The van der Waals surface area contributed by atoms with Crippen molar-refractivity contribution >= 4 is 26.8 Å². The number of rotatable bonds is 4. The monoisotopic (exact) mass is 360 g/mol. The van der Waals surface area contributed by atoms with Gasteiger partial charge in [0.25, 0.3) is 0 Å². The third-order valence-corrected chi connectivity index (χ3v) is 5.95. The summed E-state index contributed by atoms with van der Waals surface area (Å²) in [5, 5.41) is 5.29. The fourth-order valence-corrected chi connectivity index (χ4v) is 4.74. The van der Waals surface area contributed by atoms with E-state index in [1.54, 1.807) is 16.9 Å². The predicted octanol–water partition coefficient (Wildman–Crippen LogP) is 0.209. The molecule has 1 saturated heterocycles. The van der Waals surface area contributed by atoms with Crippen LogP contribution in [0.2, 0.25) is 0 Å². The lowest BCUT2D eigenvalue weighted by Gasteiger charge is -2.11. The van der Waals surface area contributed by atoms with Crippen molar-refractivity contribution in [3.8, 4) is 11.5 Å². The molecule has 25 heavy (non-hydrogen) atoms. The Morgan fingerprint density at radius 3 is 2.88 bits per heavy atom. The van der Waals surface area contributed by atoms with Gasteiger partial charge in [-0.3, -0.25) is 4.79 Å². The lowest BCUT2D eigenvalue weighted by Crippen LogP contribution is -2.16. The second-order valence-corrected chi connectivity index (χ2v) is 8.34. The summed E-state index contributed by atoms with van der Waals surface area (Å²) in [6.45, 7) is 0. The molecule has 130 valence electrons. The number of primary amides is 1. The standard InChI is InChI=1S/C15H16N6O3S/c16-12(22)7-13-19-15(11-2-1-9-3-5-17-14(9)18-11)21(20-13)10-4-6-25(23,24)8-10/h1-3,5,10H,4,6-8H2,(H2,16,22)(H,17,18). The van der Waals surface area contributed by atoms with E-state index >= 15 is 0 Å². The molecule has 0 saturated carbocycles. The van der Waals surface area contributed by atoms with Crippen LogP contribution in [0.25, 0.3) is 22.6 Å². The Morgan fingerprint density at radius 1 is 1.32 bits per heavy atom. The van der Waals surface area contributed by atoms with Gasteiger partial charge in [-0.15, -0.1) is 0 Å². The lowest BCUT2D eigenvalue weighted by atomic mass is 10.2. The molecule has 0 bridgehead atoms. The number of hydrogen-bond acceptors (Lipinski definition) is 6. The molecular weight excluding hydrogens is 344 g/mol. The number of H-pyrrole nitrogens is 1. The second kappa shape index (κ2) is 5.66. The molecule has 10 heteroatoms. The van der Waals surface area contributed by atoms with Crippen LogP contribution in [0.3, 0.4) is 0 Å². The molecule has 1 fully saturated rings. The molecule has 1 aliphatic heterocycles. The van der Waals surface area contributed by atoms with Gasteiger partial charge in [0.2, 0.25) is 5.91 Å². The fourth-order valence-electron chi connectivity index (χ4n) is 3.05. The maximum Gasteiger partial charge on any atom is 0.225 e. The van der Waals surface area contributed by atoms with E-state index in [9.17, 15) is 13.2 Å². The van der Waals surface area contributed by atoms with Crippen molar-refractivity contribution in [2.75, 3.05) is 11.5 Å². The van der Waals surface area contributed by atoms with Crippen LogP contribution in [0.1, 0.15) is 18.3 Å². The van der Waals surface area contributed by atoms with E-state index in [2.05, 4.69) is 20.1 Å². The number of nitrogens with zero attached hydrogens (tertiary/aromatic N) is 4. The molecule has 0 radical (unpaired) electrons. The van der Waals surface area contributed by atoms with Gasteiger partial charge in [0.05, 0.1) is 24.0 Å². The zero-order valence-corrected chi connectivity index (χ0v) is 14.0. The van der Waals surface area contributed by atoms with Crippen molar-refractivity contribution in [3.05, 3.63) is 30.2 Å². The molecule has 0 aromatic carbocycles. The Hall–Kier alpha value is -2.75. The Labute approximate surface area is 143 Å². The van der Waals surface area contributed by atoms with Gasteiger partial charge < -0.3 is 10.7 Å². The van der Waals surface area contributed by atoms with Crippen LogP contribution in [0.5, 0.6) is 0 Å². The van der Waals surface area contributed by atoms with Crippen LogP contribution in [-0.4, -0.2) is 50.6 Å². The molecule has 1 amide bonds. The molecule has 3 aromatic rings. The van der Waals surface area contributed by atoms with Gasteiger partial charge in [-0.05, 0) is 24.6 Å². The number of nitrogens with one attached hydrogen (secondary N) is 1. The summed E-state index contributed by atoms with van der Waals surface area (Å²) in [6, 6.07) is 5.27. The highest BCUT2D eigenvalue weighted by atomic mass is 32.2. The highest BCUT2D eigenvalue weighted by Crippen LogP contribution is 2.28. The number of aromatic amines is 1. The summed E-state index contributed by atoms with van der Waals surface area (Å²) in [5.41, 5.74) is 6.49. The number of fused-ring (bicyclic) bond motifs is 1. The Bertz CT molecular complexity index is 1070. The maximum absolute atomic E-state index is 11.8. The van der Waals surface area contributed by atoms with Gasteiger partial charge in [-0.25, -0.2) is 23.1 Å². The minimum Gasteiger partial charge on any atom is -0.369 e. The van der Waals surface area contributed by atoms with Gasteiger partial charge in [-0.2, -0.15) is 5.10 Å². The molecule has 1 aliphatic rings. The van der Waals surface area contributed by atoms with Gasteiger partial charge in [0.15, 0.2) is 21.5 Å². The van der Waals surface area contributed by atoms with E-state index in [0.717, 1.165) is 5.39 Å². The SMILES string of the molecule is NC(=O)Cc1nc(-c2ccc3cc[nH]c3n2)n(C2CCS(=O)(=O)C2)n1. The van der Waals surface area contributed by atoms with Gasteiger partial charge in [0, 0.05) is 11.6 Å². The number of amides is 1. The van der Waals surface area contributed by atoms with Crippen LogP contribution >= 0.6 is 0 Å². The predicted molar refractivity (Wildman–Crippen MR) is 90.3 cm³/mol. The third kappa shape index (κ3) is 3.00. The molecule has 9 nitrogen and oxygen atoms in total. The van der Waals surface area contributed by atoms with E-state index in [1.165, 1.54) is 0 Å². The number of nitrogens with two attached hydrogens (primary N) is 1. The lowest BCUT2D eigenvalue weighted by molar-refractivity contribution is -0.117. The van der Waals surface area contributed by atoms with Gasteiger partial charge in [0.1, 0.15) is 11.3 Å². The van der Waals surface area contributed by atoms with Crippen molar-refractivity contribution in [1.82, 2.24) is 24.7 Å². The first kappa shape index (κ1) is 15.8. The zero-order chi connectivity index (χ0) is 17.6. The van der Waals surface area contributed by atoms with Crippen LogP contribution in [-0.2, 0) is 21.1 Å². The van der Waals surface area contributed by atoms with Crippen molar-refractivity contribution in [2.24, 2.45) is 5.73 Å². The molecule has 3 aromatic heterocycles. The number of carbonyl (C=O) groups excluding carboxylic acids is 1. The number of sulfone groups is 1. The summed E-state index contributed by atoms with van der Waals surface area (Å²) in [4.78, 5) is 23.1. The summed E-state index contributed by atoms with van der Waals surface area (Å²) in [7, 11) is -3.09. The molecule has 1 unspecified atom stereocenters. The van der Waals surface area contributed by atoms with E-state index < -0.39 is 15.7 Å². The second-order valence-electron chi connectivity index (χ2n) is 6.11. The van der Waals surface area contributed by atoms with E-state index in [0.29, 0.717) is 23.6 Å². The molecular formula is C15H16N6O3S. The minimum atomic E-state index is -3.09. The number of carbonyl (C=O) groups is 1. The molecule has 0 spiro atoms. The Balaban J connectivity index is 1.81. The Kier molecular flexibility index (Phi) is 3.57. The first-order valence-electron chi connectivity index (χ1n) is 7.80. The quantitative estimate of drug-likeness (QED) is 0.682. The minimum absolute atomic E-state index is 0.00409. The molecule has 0 aliphatic carbocycles. The van der Waals surface area contributed by atoms with Crippen LogP contribution < -0.4 is 5.73 Å². The summed E-state index contributed by atoms with van der Waals surface area (Å²) in [5.74, 6) is 0.278. The third-order valence-electron chi connectivity index (χ3n) is 4.20. The molecule has 4 heterocycles. The van der Waals surface area contributed by atoms with Gasteiger partial charge >= 0.3 is 0 Å². The first-order chi connectivity index (χ1) is 11.9. The smallest absolute Gasteiger partial charge is 0.225 e. The van der Waals surface area contributed by atoms with Crippen LogP contribution in [0.4, 0.5) is 0 Å². The fraction of sp³-hybridized carbons (Fsp3) is 0.333. The van der Waals surface area contributed by atoms with Crippen molar-refractivity contribution in [3.63, 3.8) is 0 Å². The molecule has 4 rings (SSSR count). The van der Waals surface area contributed by atoms with Crippen LogP contribution in [0.15, 0.2) is 24.4 Å². The summed E-state index contributed by atoms with van der Waals surface area (Å²) >= 11 is 0. The number of aromatic nitrogens is 5. The first-order valence-corrected chi connectivity index (χ1v) is 9.62. The van der Waals surface area contributed by atoms with Gasteiger partial charge in [-0.1, -0.05) is 0 Å². The van der Waals surface area contributed by atoms with E-state index in [4.69, 9.17) is 5.73 Å². The molecule has 3 N–H and O–H groups in total. The molecule has 1 atom stereocenters. The topological polar surface area (TPSA) is 137 Å². The van der Waals surface area contributed by atoms with E-state index in [-0.39, 0.29) is 29.8 Å². The average Bonchev–Trinajstić information content (AvgIpc) is 3.23. The highest BCUT2D eigenvalue weighted by Gasteiger charge is 2.32. The van der Waals surface area contributed by atoms with Crippen molar-refractivity contribution < 1.29 is 13.2 Å². The van der Waals surface area contributed by atoms with Crippen molar-refractivity contribution in [2.45, 2.75) is 18.9 Å². The maximum atomic E-state index is 11.8. The summed E-state index contributed by atoms with van der Waals surface area (Å²) < 4.78 is 25.2. The van der Waals surface area contributed by atoms with Crippen molar-refractivity contribution in [1.29, 1.82) is 0 Å². The highest BCUT2D eigenvalue weighted by molar-refractivity contribution is 7.91. The number of pyridine rings is 1. The number of hydrogen-bond donors (Lipinski definition) is 2. The van der Waals surface area contributed by atoms with E-state index in [1.807, 2.05) is 12.1 Å². The largest absolute Gasteiger partial charge is 0.369 e. The average molecular weight is 360 g/mol. The zero-order valence-electron chi connectivity index (χ0n) is 13.2. The Morgan fingerprint density at radius 2 is 2.16 bits per heavy atom.